The zero-order valence-electron chi connectivity index (χ0n) is 17.3. The molecule has 2 aromatic carbocycles. The second kappa shape index (κ2) is 12.6. The first kappa shape index (κ1) is 22.6. The first-order valence-corrected chi connectivity index (χ1v) is 12.0. The lowest BCUT2D eigenvalue weighted by Crippen LogP contribution is -2.16. The Morgan fingerprint density at radius 1 is 0.900 bits per heavy atom. The monoisotopic (exact) mass is 426 g/mol. The second-order valence-electron chi connectivity index (χ2n) is 7.47. The highest BCUT2D eigenvalue weighted by molar-refractivity contribution is 7.32. The number of fused-ring (bicyclic) bond motifs is 1. The van der Waals surface area contributed by atoms with Crippen molar-refractivity contribution in [2.45, 2.75) is 45.1 Å². The lowest BCUT2D eigenvalue weighted by molar-refractivity contribution is 0.276. The van der Waals surface area contributed by atoms with Gasteiger partial charge in [-0.25, -0.2) is 0 Å². The molecule has 0 fully saturated rings. The van der Waals surface area contributed by atoms with Crippen LogP contribution in [0.25, 0.3) is 10.9 Å². The molecule has 6 heteroatoms. The van der Waals surface area contributed by atoms with E-state index in [0.717, 1.165) is 31.4 Å². The number of pyridine rings is 1. The van der Waals surface area contributed by atoms with Crippen molar-refractivity contribution in [3.05, 3.63) is 77.5 Å². The minimum absolute atomic E-state index is 0.295. The molecule has 0 bridgehead atoms. The molecular formula is C24H31N2O3P. The molecular weight excluding hydrogens is 395 g/mol. The van der Waals surface area contributed by atoms with Crippen LogP contribution >= 0.6 is 8.25 Å². The highest BCUT2D eigenvalue weighted by Crippen LogP contribution is 2.23. The Morgan fingerprint density at radius 3 is 2.53 bits per heavy atom. The number of benzene rings is 2. The number of aromatic nitrogens is 1. The van der Waals surface area contributed by atoms with E-state index in [1.807, 2.05) is 12.3 Å². The summed E-state index contributed by atoms with van der Waals surface area (Å²) in [5.74, 6) is 0. The molecule has 0 saturated heterocycles. The topological polar surface area (TPSA) is 71.5 Å². The third kappa shape index (κ3) is 7.33. The zero-order valence-corrected chi connectivity index (χ0v) is 18.3. The normalized spacial score (nSPS) is 12.3. The zero-order chi connectivity index (χ0) is 21.0. The van der Waals surface area contributed by atoms with Crippen molar-refractivity contribution in [3.63, 3.8) is 0 Å². The summed E-state index contributed by atoms with van der Waals surface area (Å²) in [6, 6.07) is 19.3. The summed E-state index contributed by atoms with van der Waals surface area (Å²) in [7, 11) is -2.82. The number of hydrogen-bond acceptors (Lipinski definition) is 4. The fraction of sp³-hybridized carbons (Fsp3) is 0.375. The molecule has 2 N–H and O–H groups in total. The summed E-state index contributed by atoms with van der Waals surface area (Å²) in [6.07, 6.45) is 8.39. The molecule has 5 nitrogen and oxygen atoms in total. The third-order valence-electron chi connectivity index (χ3n) is 5.24. The van der Waals surface area contributed by atoms with E-state index in [9.17, 15) is 4.57 Å². The van der Waals surface area contributed by atoms with Crippen molar-refractivity contribution in [2.24, 2.45) is 0 Å². The number of unbranched alkanes of at least 4 members (excludes halogenated alkanes) is 2. The highest BCUT2D eigenvalue weighted by Gasteiger charge is 2.07. The van der Waals surface area contributed by atoms with Crippen LogP contribution in [-0.4, -0.2) is 23.0 Å². The van der Waals surface area contributed by atoms with Crippen LogP contribution in [0.3, 0.4) is 0 Å². The average molecular weight is 426 g/mol. The van der Waals surface area contributed by atoms with Gasteiger partial charge in [0.25, 0.3) is 0 Å². The van der Waals surface area contributed by atoms with Gasteiger partial charge < -0.3 is 14.7 Å². The Morgan fingerprint density at radius 2 is 1.70 bits per heavy atom. The molecule has 0 spiro atoms. The Kier molecular flexibility index (Phi) is 9.52. The lowest BCUT2D eigenvalue weighted by Gasteiger charge is -2.11. The van der Waals surface area contributed by atoms with Crippen LogP contribution in [-0.2, 0) is 28.5 Å². The van der Waals surface area contributed by atoms with E-state index in [4.69, 9.17) is 9.42 Å². The summed E-state index contributed by atoms with van der Waals surface area (Å²) in [5.41, 5.74) is 5.02. The Hall–Kier alpha value is -2.04. The van der Waals surface area contributed by atoms with Crippen molar-refractivity contribution < 1.29 is 14.0 Å². The SMILES string of the molecule is O=[PH](O)OCCCNCc1ccc(CCCCCc2ccccc2)c2cccnc12. The standard InChI is InChI=1S/C24H31N2O3P/c27-30(28)29-18-8-16-25-19-22-15-14-21(23-13-7-17-26-24(22)23)12-6-2-5-11-20-9-3-1-4-10-20/h1,3-4,7,9-10,13-15,17,25,30H,2,5-6,8,11-12,16,18-19H2,(H,27,28). The van der Waals surface area contributed by atoms with E-state index in [1.54, 1.807) is 0 Å². The molecule has 0 radical (unpaired) electrons. The smallest absolute Gasteiger partial charge is 0.316 e. The Balaban J connectivity index is 1.49. The summed E-state index contributed by atoms with van der Waals surface area (Å²) in [4.78, 5) is 13.3. The fourth-order valence-corrected chi connectivity index (χ4v) is 4.02. The van der Waals surface area contributed by atoms with Gasteiger partial charge in [0.15, 0.2) is 0 Å². The van der Waals surface area contributed by atoms with Crippen molar-refractivity contribution in [1.82, 2.24) is 10.3 Å². The Labute approximate surface area is 179 Å². The summed E-state index contributed by atoms with van der Waals surface area (Å²) in [5, 5.41) is 4.61. The first-order chi connectivity index (χ1) is 14.7. The maximum atomic E-state index is 10.5. The second-order valence-corrected chi connectivity index (χ2v) is 8.29. The molecule has 0 saturated carbocycles. The maximum absolute atomic E-state index is 10.5. The number of aryl methyl sites for hydroxylation is 2. The fourth-order valence-electron chi connectivity index (χ4n) is 3.70. The van der Waals surface area contributed by atoms with E-state index in [1.165, 1.54) is 41.3 Å². The molecule has 3 aromatic rings. The molecule has 160 valence electrons. The number of nitrogens with one attached hydrogen (secondary N) is 1. The van der Waals surface area contributed by atoms with Gasteiger partial charge in [-0.15, -0.1) is 0 Å². The predicted octanol–water partition coefficient (Wildman–Crippen LogP) is 5.07. The van der Waals surface area contributed by atoms with E-state index in [2.05, 4.69) is 58.8 Å². The summed E-state index contributed by atoms with van der Waals surface area (Å²) >= 11 is 0. The molecule has 1 heterocycles. The third-order valence-corrected chi connectivity index (χ3v) is 5.69. The van der Waals surface area contributed by atoms with Gasteiger partial charge in [0.1, 0.15) is 0 Å². The molecule has 0 amide bonds. The van der Waals surface area contributed by atoms with Gasteiger partial charge in [-0.05, 0) is 61.4 Å². The van der Waals surface area contributed by atoms with Gasteiger partial charge in [0.05, 0.1) is 12.1 Å². The van der Waals surface area contributed by atoms with Crippen LogP contribution in [0.5, 0.6) is 0 Å². The van der Waals surface area contributed by atoms with Gasteiger partial charge >= 0.3 is 8.25 Å². The van der Waals surface area contributed by atoms with Gasteiger partial charge in [-0.1, -0.05) is 55.0 Å². The molecule has 0 aliphatic heterocycles. The lowest BCUT2D eigenvalue weighted by atomic mass is 9.98. The van der Waals surface area contributed by atoms with Gasteiger partial charge in [-0.2, -0.15) is 0 Å². The van der Waals surface area contributed by atoms with Crippen LogP contribution in [0.1, 0.15) is 42.4 Å². The largest absolute Gasteiger partial charge is 0.326 e. The Bertz CT molecular complexity index is 934. The maximum Gasteiger partial charge on any atom is 0.316 e. The van der Waals surface area contributed by atoms with Crippen molar-refractivity contribution in [1.29, 1.82) is 0 Å². The average Bonchev–Trinajstić information content (AvgIpc) is 2.77. The van der Waals surface area contributed by atoms with Crippen molar-refractivity contribution >= 4 is 19.2 Å². The minimum Gasteiger partial charge on any atom is -0.326 e. The molecule has 0 aliphatic rings. The van der Waals surface area contributed by atoms with Crippen LogP contribution in [0.15, 0.2) is 60.8 Å². The highest BCUT2D eigenvalue weighted by atomic mass is 31.1. The number of nitrogens with zero attached hydrogens (tertiary/aromatic N) is 1. The van der Waals surface area contributed by atoms with Crippen molar-refractivity contribution in [3.8, 4) is 0 Å². The van der Waals surface area contributed by atoms with Gasteiger partial charge in [0, 0.05) is 18.1 Å². The molecule has 1 atom stereocenters. The van der Waals surface area contributed by atoms with Crippen LogP contribution in [0, 0.1) is 0 Å². The number of rotatable bonds is 13. The molecule has 1 aromatic heterocycles. The van der Waals surface area contributed by atoms with E-state index in [-0.39, 0.29) is 0 Å². The van der Waals surface area contributed by atoms with Crippen LogP contribution in [0.2, 0.25) is 0 Å². The van der Waals surface area contributed by atoms with Gasteiger partial charge in [0.2, 0.25) is 0 Å². The minimum atomic E-state index is -2.82. The predicted molar refractivity (Wildman–Crippen MR) is 123 cm³/mol. The van der Waals surface area contributed by atoms with Crippen LogP contribution < -0.4 is 5.32 Å². The molecule has 0 aliphatic carbocycles. The van der Waals surface area contributed by atoms with E-state index >= 15 is 0 Å². The molecule has 1 unspecified atom stereocenters. The summed E-state index contributed by atoms with van der Waals surface area (Å²) in [6.45, 7) is 1.75. The summed E-state index contributed by atoms with van der Waals surface area (Å²) < 4.78 is 15.3. The molecule has 30 heavy (non-hydrogen) atoms. The van der Waals surface area contributed by atoms with Crippen LogP contribution in [0.4, 0.5) is 0 Å². The number of hydrogen-bond donors (Lipinski definition) is 2. The van der Waals surface area contributed by atoms with E-state index < -0.39 is 8.25 Å². The van der Waals surface area contributed by atoms with E-state index in [0.29, 0.717) is 13.0 Å². The first-order valence-electron chi connectivity index (χ1n) is 10.7. The quantitative estimate of drug-likeness (QED) is 0.295. The van der Waals surface area contributed by atoms with Gasteiger partial charge in [-0.3, -0.25) is 9.55 Å². The van der Waals surface area contributed by atoms with Crippen molar-refractivity contribution in [2.75, 3.05) is 13.2 Å². The molecule has 3 rings (SSSR count).